The summed E-state index contributed by atoms with van der Waals surface area (Å²) in [5.41, 5.74) is 4.92. The van der Waals surface area contributed by atoms with Crippen LogP contribution in [-0.2, 0) is 13.5 Å². The molecule has 1 aliphatic rings. The summed E-state index contributed by atoms with van der Waals surface area (Å²) in [7, 11) is 5.80. The van der Waals surface area contributed by atoms with Gasteiger partial charge >= 0.3 is 0 Å². The first-order chi connectivity index (χ1) is 9.19. The van der Waals surface area contributed by atoms with E-state index in [4.69, 9.17) is 4.74 Å². The van der Waals surface area contributed by atoms with Gasteiger partial charge in [-0.25, -0.2) is 0 Å². The standard InChI is InChI=1S/C15H19N3O/c1-17-6-4-5-11-7-13(12-9-16-18(2)10-12)15(19-3)8-14(11)17/h7-10H,4-6H2,1-3H3. The number of fused-ring (bicyclic) bond motifs is 1. The number of nitrogens with zero attached hydrogens (tertiary/aromatic N) is 3. The second-order valence-electron chi connectivity index (χ2n) is 5.11. The molecule has 0 unspecified atom stereocenters. The average Bonchev–Trinajstić information content (AvgIpc) is 2.84. The van der Waals surface area contributed by atoms with Crippen LogP contribution >= 0.6 is 0 Å². The lowest BCUT2D eigenvalue weighted by molar-refractivity contribution is 0.416. The molecule has 3 rings (SSSR count). The molecule has 2 heterocycles. The third-order valence-corrected chi connectivity index (χ3v) is 3.77. The van der Waals surface area contributed by atoms with Crippen molar-refractivity contribution in [3.63, 3.8) is 0 Å². The Balaban J connectivity index is 2.14. The van der Waals surface area contributed by atoms with E-state index in [1.165, 1.54) is 17.7 Å². The van der Waals surface area contributed by atoms with E-state index in [9.17, 15) is 0 Å². The summed E-state index contributed by atoms with van der Waals surface area (Å²) >= 11 is 0. The smallest absolute Gasteiger partial charge is 0.128 e. The Morgan fingerprint density at radius 1 is 1.26 bits per heavy atom. The highest BCUT2D eigenvalue weighted by Gasteiger charge is 2.18. The first-order valence-corrected chi connectivity index (χ1v) is 6.60. The van der Waals surface area contributed by atoms with Gasteiger partial charge in [0.15, 0.2) is 0 Å². The second kappa shape index (κ2) is 4.61. The minimum atomic E-state index is 0.917. The van der Waals surface area contributed by atoms with Crippen LogP contribution in [0.5, 0.6) is 5.75 Å². The van der Waals surface area contributed by atoms with Gasteiger partial charge in [-0.1, -0.05) is 0 Å². The fourth-order valence-corrected chi connectivity index (χ4v) is 2.75. The number of ether oxygens (including phenoxy) is 1. The Kier molecular flexibility index (Phi) is 2.93. The van der Waals surface area contributed by atoms with Gasteiger partial charge in [0, 0.05) is 49.7 Å². The van der Waals surface area contributed by atoms with Crippen molar-refractivity contribution in [2.75, 3.05) is 25.6 Å². The van der Waals surface area contributed by atoms with Crippen LogP contribution in [0, 0.1) is 0 Å². The summed E-state index contributed by atoms with van der Waals surface area (Å²) in [5.74, 6) is 0.917. The molecule has 1 aliphatic heterocycles. The topological polar surface area (TPSA) is 30.3 Å². The van der Waals surface area contributed by atoms with Crippen LogP contribution in [0.1, 0.15) is 12.0 Å². The maximum Gasteiger partial charge on any atom is 0.128 e. The maximum absolute atomic E-state index is 5.56. The van der Waals surface area contributed by atoms with E-state index in [-0.39, 0.29) is 0 Å². The highest BCUT2D eigenvalue weighted by Crippen LogP contribution is 2.38. The number of rotatable bonds is 2. The van der Waals surface area contributed by atoms with Crippen molar-refractivity contribution in [2.45, 2.75) is 12.8 Å². The molecule has 0 radical (unpaired) electrons. The number of aryl methyl sites for hydroxylation is 2. The molecule has 0 fully saturated rings. The van der Waals surface area contributed by atoms with E-state index < -0.39 is 0 Å². The van der Waals surface area contributed by atoms with E-state index in [0.717, 1.165) is 29.8 Å². The lowest BCUT2D eigenvalue weighted by Crippen LogP contribution is -2.24. The van der Waals surface area contributed by atoms with Crippen LogP contribution in [-0.4, -0.2) is 30.5 Å². The number of benzene rings is 1. The van der Waals surface area contributed by atoms with Gasteiger partial charge in [0.1, 0.15) is 5.75 Å². The molecular weight excluding hydrogens is 238 g/mol. The predicted octanol–water partition coefficient (Wildman–Crippen LogP) is 2.48. The van der Waals surface area contributed by atoms with Gasteiger partial charge in [0.25, 0.3) is 0 Å². The van der Waals surface area contributed by atoms with Crippen molar-refractivity contribution in [2.24, 2.45) is 7.05 Å². The second-order valence-corrected chi connectivity index (χ2v) is 5.11. The molecule has 100 valence electrons. The Hall–Kier alpha value is -1.97. The van der Waals surface area contributed by atoms with Crippen LogP contribution in [0.4, 0.5) is 5.69 Å². The lowest BCUT2D eigenvalue weighted by Gasteiger charge is -2.28. The van der Waals surface area contributed by atoms with Crippen LogP contribution < -0.4 is 9.64 Å². The van der Waals surface area contributed by atoms with E-state index >= 15 is 0 Å². The van der Waals surface area contributed by atoms with Gasteiger partial charge in [0.05, 0.1) is 13.3 Å². The van der Waals surface area contributed by atoms with Gasteiger partial charge in [-0.15, -0.1) is 0 Å². The van der Waals surface area contributed by atoms with Crippen LogP contribution in [0.2, 0.25) is 0 Å². The third kappa shape index (κ3) is 2.07. The van der Waals surface area contributed by atoms with Crippen molar-refractivity contribution < 1.29 is 4.74 Å². The molecule has 0 N–H and O–H groups in total. The van der Waals surface area contributed by atoms with Crippen molar-refractivity contribution in [1.82, 2.24) is 9.78 Å². The van der Waals surface area contributed by atoms with Crippen molar-refractivity contribution in [3.05, 3.63) is 30.1 Å². The largest absolute Gasteiger partial charge is 0.496 e. The first kappa shape index (κ1) is 12.1. The molecule has 2 aromatic rings. The van der Waals surface area contributed by atoms with E-state index in [1.807, 2.05) is 24.1 Å². The number of anilines is 1. The molecule has 1 aromatic heterocycles. The minimum Gasteiger partial charge on any atom is -0.496 e. The maximum atomic E-state index is 5.56. The molecule has 0 saturated carbocycles. The molecular formula is C15H19N3O. The Morgan fingerprint density at radius 3 is 2.79 bits per heavy atom. The Morgan fingerprint density at radius 2 is 2.11 bits per heavy atom. The molecule has 19 heavy (non-hydrogen) atoms. The van der Waals surface area contributed by atoms with E-state index in [1.54, 1.807) is 7.11 Å². The van der Waals surface area contributed by atoms with Crippen LogP contribution in [0.25, 0.3) is 11.1 Å². The van der Waals surface area contributed by atoms with E-state index in [0.29, 0.717) is 0 Å². The quantitative estimate of drug-likeness (QED) is 0.828. The SMILES string of the molecule is COc1cc2c(cc1-c1cnn(C)c1)CCCN2C. The zero-order chi connectivity index (χ0) is 13.4. The molecule has 0 bridgehead atoms. The fourth-order valence-electron chi connectivity index (χ4n) is 2.75. The number of hydrogen-bond acceptors (Lipinski definition) is 3. The summed E-state index contributed by atoms with van der Waals surface area (Å²) in [6.45, 7) is 1.11. The molecule has 0 atom stereocenters. The molecule has 4 nitrogen and oxygen atoms in total. The Labute approximate surface area is 113 Å². The first-order valence-electron chi connectivity index (χ1n) is 6.60. The molecule has 1 aromatic carbocycles. The number of methoxy groups -OCH3 is 1. The minimum absolute atomic E-state index is 0.917. The van der Waals surface area contributed by atoms with Gasteiger partial charge in [-0.05, 0) is 24.5 Å². The van der Waals surface area contributed by atoms with Gasteiger partial charge in [-0.3, -0.25) is 4.68 Å². The van der Waals surface area contributed by atoms with Crippen LogP contribution in [0.15, 0.2) is 24.5 Å². The predicted molar refractivity (Wildman–Crippen MR) is 76.8 cm³/mol. The Bertz CT molecular complexity index is 603. The molecule has 0 saturated heterocycles. The van der Waals surface area contributed by atoms with Crippen molar-refractivity contribution in [1.29, 1.82) is 0 Å². The fraction of sp³-hybridized carbons (Fsp3) is 0.400. The summed E-state index contributed by atoms with van der Waals surface area (Å²) in [6.07, 6.45) is 6.26. The van der Waals surface area contributed by atoms with Gasteiger partial charge in [0.2, 0.25) is 0 Å². The number of hydrogen-bond donors (Lipinski definition) is 0. The molecule has 0 aliphatic carbocycles. The molecule has 0 spiro atoms. The summed E-state index contributed by atoms with van der Waals surface area (Å²) in [4.78, 5) is 2.30. The highest BCUT2D eigenvalue weighted by molar-refractivity contribution is 5.75. The van der Waals surface area contributed by atoms with Gasteiger partial charge in [-0.2, -0.15) is 5.10 Å². The zero-order valence-corrected chi connectivity index (χ0v) is 11.7. The third-order valence-electron chi connectivity index (χ3n) is 3.77. The van der Waals surface area contributed by atoms with Crippen molar-refractivity contribution in [3.8, 4) is 16.9 Å². The van der Waals surface area contributed by atoms with Crippen molar-refractivity contribution >= 4 is 5.69 Å². The lowest BCUT2D eigenvalue weighted by atomic mass is 9.97. The van der Waals surface area contributed by atoms with E-state index in [2.05, 4.69) is 29.2 Å². The summed E-state index contributed by atoms with van der Waals surface area (Å²) in [5, 5.41) is 4.25. The molecule has 4 heteroatoms. The van der Waals surface area contributed by atoms with Gasteiger partial charge < -0.3 is 9.64 Å². The van der Waals surface area contributed by atoms with Crippen LogP contribution in [0.3, 0.4) is 0 Å². The summed E-state index contributed by atoms with van der Waals surface area (Å²) in [6, 6.07) is 4.40. The summed E-state index contributed by atoms with van der Waals surface area (Å²) < 4.78 is 7.38. The normalized spacial score (nSPS) is 14.4. The zero-order valence-electron chi connectivity index (χ0n) is 11.7. The molecule has 0 amide bonds. The average molecular weight is 257 g/mol. The monoisotopic (exact) mass is 257 g/mol. The highest BCUT2D eigenvalue weighted by atomic mass is 16.5. The number of aromatic nitrogens is 2.